The summed E-state index contributed by atoms with van der Waals surface area (Å²) in [6.45, 7) is 4.48. The summed E-state index contributed by atoms with van der Waals surface area (Å²) in [4.78, 5) is 0. The minimum Gasteiger partial charge on any atom is -0.487 e. The third-order valence-corrected chi connectivity index (χ3v) is 3.25. The fraction of sp³-hybridized carbons (Fsp3) is 0.188. The molecule has 0 saturated carbocycles. The lowest BCUT2D eigenvalue weighted by molar-refractivity contribution is 0.287. The number of aromatic nitrogens is 1. The first-order valence-electron chi connectivity index (χ1n) is 6.42. The van der Waals surface area contributed by atoms with Gasteiger partial charge in [0.15, 0.2) is 5.76 Å². The molecule has 0 radical (unpaired) electrons. The van der Waals surface area contributed by atoms with Crippen LogP contribution in [-0.2, 0) is 6.61 Å². The summed E-state index contributed by atoms with van der Waals surface area (Å²) in [6.07, 6.45) is 1.60. The zero-order valence-corrected chi connectivity index (χ0v) is 11.4. The highest BCUT2D eigenvalue weighted by molar-refractivity contribution is 5.49. The van der Waals surface area contributed by atoms with E-state index in [-0.39, 0.29) is 0 Å². The van der Waals surface area contributed by atoms with Gasteiger partial charge in [-0.05, 0) is 43.2 Å². The Balaban J connectivity index is 1.71. The third-order valence-electron chi connectivity index (χ3n) is 3.25. The average Bonchev–Trinajstić information content (AvgIpc) is 3.10. The Labute approximate surface area is 117 Å². The number of hydrogen-bond acceptors (Lipinski definition) is 4. The Morgan fingerprint density at radius 1 is 1.10 bits per heavy atom. The minimum absolute atomic E-state index is 0.370. The molecule has 0 N–H and O–H groups in total. The molecule has 3 rings (SSSR count). The van der Waals surface area contributed by atoms with Crippen LogP contribution in [0, 0.1) is 13.8 Å². The van der Waals surface area contributed by atoms with Crippen molar-refractivity contribution in [2.45, 2.75) is 20.5 Å². The van der Waals surface area contributed by atoms with Crippen molar-refractivity contribution in [3.05, 3.63) is 59.5 Å². The molecule has 0 spiro atoms. The molecule has 0 amide bonds. The van der Waals surface area contributed by atoms with Crippen molar-refractivity contribution in [3.63, 3.8) is 0 Å². The Hall–Kier alpha value is -2.49. The van der Waals surface area contributed by atoms with E-state index in [1.165, 1.54) is 5.56 Å². The molecule has 2 aromatic heterocycles. The van der Waals surface area contributed by atoms with Crippen LogP contribution in [0.5, 0.6) is 5.75 Å². The van der Waals surface area contributed by atoms with E-state index in [0.717, 1.165) is 17.0 Å². The van der Waals surface area contributed by atoms with E-state index in [2.05, 4.69) is 18.1 Å². The van der Waals surface area contributed by atoms with Crippen LogP contribution >= 0.6 is 0 Å². The van der Waals surface area contributed by atoms with E-state index in [0.29, 0.717) is 18.1 Å². The summed E-state index contributed by atoms with van der Waals surface area (Å²) in [6, 6.07) is 11.5. The number of hydrogen-bond donors (Lipinski definition) is 0. The van der Waals surface area contributed by atoms with Crippen molar-refractivity contribution < 1.29 is 13.7 Å². The number of nitrogens with zero attached hydrogens (tertiary/aromatic N) is 1. The molecule has 0 bridgehead atoms. The van der Waals surface area contributed by atoms with Crippen molar-refractivity contribution in [2.24, 2.45) is 0 Å². The second kappa shape index (κ2) is 5.25. The number of ether oxygens (including phenoxy) is 1. The van der Waals surface area contributed by atoms with Crippen molar-refractivity contribution in [1.29, 1.82) is 0 Å². The maximum Gasteiger partial charge on any atom is 0.202 e. The molecule has 4 heteroatoms. The van der Waals surface area contributed by atoms with Gasteiger partial charge < -0.3 is 13.7 Å². The van der Waals surface area contributed by atoms with E-state index >= 15 is 0 Å². The normalized spacial score (nSPS) is 10.7. The van der Waals surface area contributed by atoms with Crippen LogP contribution in [-0.4, -0.2) is 5.16 Å². The number of furan rings is 1. The third kappa shape index (κ3) is 2.45. The molecule has 2 heterocycles. The molecular formula is C16H15NO3. The first-order valence-corrected chi connectivity index (χ1v) is 6.42. The SMILES string of the molecule is Cc1cccc(OCc2cc(-c3ccco3)on2)c1C. The molecule has 0 fully saturated rings. The van der Waals surface area contributed by atoms with Gasteiger partial charge in [-0.1, -0.05) is 17.3 Å². The average molecular weight is 269 g/mol. The van der Waals surface area contributed by atoms with E-state index < -0.39 is 0 Å². The number of aryl methyl sites for hydroxylation is 1. The van der Waals surface area contributed by atoms with Crippen LogP contribution in [0.25, 0.3) is 11.5 Å². The summed E-state index contributed by atoms with van der Waals surface area (Å²) >= 11 is 0. The Bertz CT molecular complexity index is 698. The Morgan fingerprint density at radius 3 is 2.80 bits per heavy atom. The fourth-order valence-corrected chi connectivity index (χ4v) is 1.95. The van der Waals surface area contributed by atoms with E-state index in [1.54, 1.807) is 6.26 Å². The lowest BCUT2D eigenvalue weighted by atomic mass is 10.1. The standard InChI is InChI=1S/C16H15NO3/c1-11-5-3-6-14(12(11)2)19-10-13-9-16(20-17-13)15-7-4-8-18-15/h3-9H,10H2,1-2H3. The molecule has 0 aliphatic carbocycles. The van der Waals surface area contributed by atoms with Crippen LogP contribution in [0.3, 0.4) is 0 Å². The topological polar surface area (TPSA) is 48.4 Å². The van der Waals surface area contributed by atoms with Gasteiger partial charge in [0.25, 0.3) is 0 Å². The van der Waals surface area contributed by atoms with Gasteiger partial charge in [-0.3, -0.25) is 0 Å². The maximum atomic E-state index is 5.78. The van der Waals surface area contributed by atoms with Gasteiger partial charge in [0.1, 0.15) is 18.1 Å². The van der Waals surface area contributed by atoms with Crippen LogP contribution in [0.2, 0.25) is 0 Å². The Morgan fingerprint density at radius 2 is 2.00 bits per heavy atom. The molecule has 4 nitrogen and oxygen atoms in total. The highest BCUT2D eigenvalue weighted by Crippen LogP contribution is 2.23. The molecule has 3 aromatic rings. The molecule has 1 aromatic carbocycles. The molecule has 0 unspecified atom stereocenters. The van der Waals surface area contributed by atoms with Gasteiger partial charge in [0, 0.05) is 6.07 Å². The van der Waals surface area contributed by atoms with Gasteiger partial charge in [-0.2, -0.15) is 0 Å². The van der Waals surface area contributed by atoms with Crippen molar-refractivity contribution in [3.8, 4) is 17.3 Å². The minimum atomic E-state index is 0.370. The first kappa shape index (κ1) is 12.5. The van der Waals surface area contributed by atoms with E-state index in [4.69, 9.17) is 13.7 Å². The summed E-state index contributed by atoms with van der Waals surface area (Å²) in [7, 11) is 0. The predicted octanol–water partition coefficient (Wildman–Crippen LogP) is 4.13. The molecule has 0 saturated heterocycles. The van der Waals surface area contributed by atoms with Gasteiger partial charge in [-0.15, -0.1) is 0 Å². The lowest BCUT2D eigenvalue weighted by Gasteiger charge is -2.09. The van der Waals surface area contributed by atoms with Crippen LogP contribution < -0.4 is 4.74 Å². The lowest BCUT2D eigenvalue weighted by Crippen LogP contribution is -1.97. The molecule has 20 heavy (non-hydrogen) atoms. The molecule has 0 atom stereocenters. The second-order valence-corrected chi connectivity index (χ2v) is 4.65. The fourth-order valence-electron chi connectivity index (χ4n) is 1.95. The van der Waals surface area contributed by atoms with Gasteiger partial charge in [0.2, 0.25) is 5.76 Å². The highest BCUT2D eigenvalue weighted by Gasteiger charge is 2.10. The Kier molecular flexibility index (Phi) is 3.29. The van der Waals surface area contributed by atoms with Crippen LogP contribution in [0.15, 0.2) is 51.6 Å². The molecular weight excluding hydrogens is 254 g/mol. The van der Waals surface area contributed by atoms with Gasteiger partial charge >= 0.3 is 0 Å². The predicted molar refractivity (Wildman–Crippen MR) is 74.5 cm³/mol. The van der Waals surface area contributed by atoms with Crippen LogP contribution in [0.4, 0.5) is 0 Å². The smallest absolute Gasteiger partial charge is 0.202 e. The zero-order valence-electron chi connectivity index (χ0n) is 11.4. The van der Waals surface area contributed by atoms with E-state index in [9.17, 15) is 0 Å². The van der Waals surface area contributed by atoms with Crippen molar-refractivity contribution in [1.82, 2.24) is 5.16 Å². The van der Waals surface area contributed by atoms with E-state index in [1.807, 2.05) is 37.3 Å². The van der Waals surface area contributed by atoms with Crippen LogP contribution in [0.1, 0.15) is 16.8 Å². The first-order chi connectivity index (χ1) is 9.74. The second-order valence-electron chi connectivity index (χ2n) is 4.65. The van der Waals surface area contributed by atoms with Gasteiger partial charge in [0.05, 0.1) is 6.26 Å². The summed E-state index contributed by atoms with van der Waals surface area (Å²) in [5.74, 6) is 2.14. The molecule has 0 aliphatic rings. The van der Waals surface area contributed by atoms with Gasteiger partial charge in [-0.25, -0.2) is 0 Å². The summed E-state index contributed by atoms with van der Waals surface area (Å²) < 4.78 is 16.3. The monoisotopic (exact) mass is 269 g/mol. The number of rotatable bonds is 4. The number of benzene rings is 1. The quantitative estimate of drug-likeness (QED) is 0.714. The molecule has 102 valence electrons. The highest BCUT2D eigenvalue weighted by atomic mass is 16.5. The summed E-state index contributed by atoms with van der Waals surface area (Å²) in [5, 5.41) is 3.98. The molecule has 0 aliphatic heterocycles. The maximum absolute atomic E-state index is 5.78. The largest absolute Gasteiger partial charge is 0.487 e. The zero-order chi connectivity index (χ0) is 13.9. The summed E-state index contributed by atoms with van der Waals surface area (Å²) in [5.41, 5.74) is 3.08. The van der Waals surface area contributed by atoms with Crippen molar-refractivity contribution >= 4 is 0 Å². The van der Waals surface area contributed by atoms with Crippen molar-refractivity contribution in [2.75, 3.05) is 0 Å².